The molecule has 2 fully saturated rings. The summed E-state index contributed by atoms with van der Waals surface area (Å²) in [6.45, 7) is 0.00645. The molecule has 4 heterocycles. The molecule has 0 radical (unpaired) electrons. The van der Waals surface area contributed by atoms with E-state index < -0.39 is 81.0 Å². The number of hydrogen-bond donors (Lipinski definition) is 2. The van der Waals surface area contributed by atoms with Crippen molar-refractivity contribution in [3.05, 3.63) is 94.1 Å². The quantitative estimate of drug-likeness (QED) is 0.127. The molecule has 2 aliphatic carbocycles. The maximum atomic E-state index is 15.4. The number of carbonyl (C=O) groups is 1. The van der Waals surface area contributed by atoms with Gasteiger partial charge in [0.1, 0.15) is 29.6 Å². The fourth-order valence-electron chi connectivity index (χ4n) is 8.01. The average molecular weight is 830 g/mol. The molecule has 1 amide bonds. The van der Waals surface area contributed by atoms with Crippen molar-refractivity contribution in [1.82, 2.24) is 29.9 Å². The Morgan fingerprint density at radius 3 is 2.47 bits per heavy atom. The number of para-hydroxylation sites is 1. The number of carbonyl (C=O) groups excluding carboxylic acids is 1. The molecule has 2 aromatic carbocycles. The summed E-state index contributed by atoms with van der Waals surface area (Å²) in [6.07, 6.45) is -3.19. The Bertz CT molecular complexity index is 2620. The first kappa shape index (κ1) is 39.4. The lowest BCUT2D eigenvalue weighted by molar-refractivity contribution is -0.142. The molecule has 19 heteroatoms. The molecule has 1 saturated heterocycles. The Hall–Kier alpha value is -5.48. The summed E-state index contributed by atoms with van der Waals surface area (Å²) in [5.41, 5.74) is -1.47. The molecule has 0 bridgehead atoms. The van der Waals surface area contributed by atoms with Gasteiger partial charge in [-0.3, -0.25) is 18.9 Å². The number of hydrogen-bond acceptors (Lipinski definition) is 7. The van der Waals surface area contributed by atoms with Gasteiger partial charge in [0, 0.05) is 60.2 Å². The van der Waals surface area contributed by atoms with Crippen LogP contribution in [0.3, 0.4) is 0 Å². The number of nitrogens with zero attached hydrogens (tertiary/aromatic N) is 5. The number of amides is 1. The molecule has 5 aromatic rings. The molecule has 3 aromatic heterocycles. The lowest BCUT2D eigenvalue weighted by atomic mass is 9.93. The number of nitrogens with one attached hydrogen (secondary N) is 2. The van der Waals surface area contributed by atoms with E-state index in [1.54, 1.807) is 37.4 Å². The predicted octanol–water partition coefficient (Wildman–Crippen LogP) is 6.59. The SMILES string of the molecule is Cn1nc(NS(C)(=O)=O)c2cccc(-c3ccc(C#CC4CCOCC4)nc3[C@H](Cc3cc(F)cc(F)c3)NC(=O)Cn3nc(C(F)(F)F)c4c3C(F)(F)[C@@H]3CC43)c21. The molecule has 1 aliphatic heterocycles. The molecule has 1 saturated carbocycles. The average Bonchev–Trinajstić information content (AvgIpc) is 3.69. The van der Waals surface area contributed by atoms with Crippen LogP contribution in [-0.2, 0) is 51.7 Å². The number of alkyl halides is 5. The summed E-state index contributed by atoms with van der Waals surface area (Å²) < 4.78 is 136. The van der Waals surface area contributed by atoms with Gasteiger partial charge in [0.25, 0.3) is 5.92 Å². The van der Waals surface area contributed by atoms with Crippen LogP contribution in [0.5, 0.6) is 0 Å². The lowest BCUT2D eigenvalue weighted by Crippen LogP contribution is -2.35. The fraction of sp³-hybridized carbons (Fsp3) is 0.385. The van der Waals surface area contributed by atoms with Crippen molar-refractivity contribution in [2.75, 3.05) is 24.2 Å². The minimum absolute atomic E-state index is 0.00467. The minimum Gasteiger partial charge on any atom is -0.381 e. The summed E-state index contributed by atoms with van der Waals surface area (Å²) in [7, 11) is -2.19. The summed E-state index contributed by atoms with van der Waals surface area (Å²) in [5.74, 6) is -2.66. The number of aryl methyl sites for hydroxylation is 1. The van der Waals surface area contributed by atoms with Crippen molar-refractivity contribution >= 4 is 32.7 Å². The summed E-state index contributed by atoms with van der Waals surface area (Å²) in [4.78, 5) is 18.8. The van der Waals surface area contributed by atoms with Crippen LogP contribution in [0.1, 0.15) is 65.1 Å². The van der Waals surface area contributed by atoms with E-state index in [1.165, 1.54) is 4.68 Å². The number of sulfonamides is 1. The standard InChI is InChI=1S/C39H34F7N7O4S/c1-52-34-26(4-3-5-27(34)37(50-52)51-58(2,55)56)25-9-8-24(7-6-20-10-12-57-13-11-20)47-33(25)30(16-21-14-22(40)17-23(41)15-21)48-31(54)19-53-36-32(35(49-53)39(44,45)46)28-18-29(28)38(36,42)43/h3-5,8-9,14-15,17,20,28-30H,10-13,16,18-19H2,1-2H3,(H,48,54)(H,50,51)/t28?,29-,30+/m1/s1. The highest BCUT2D eigenvalue weighted by molar-refractivity contribution is 7.92. The van der Waals surface area contributed by atoms with E-state index in [1.807, 2.05) is 0 Å². The number of aromatic nitrogens is 5. The van der Waals surface area contributed by atoms with E-state index in [0.29, 0.717) is 58.8 Å². The van der Waals surface area contributed by atoms with Gasteiger partial charge in [-0.25, -0.2) is 22.2 Å². The number of fused-ring (bicyclic) bond motifs is 4. The number of anilines is 1. The molecular weight excluding hydrogens is 796 g/mol. The van der Waals surface area contributed by atoms with Crippen molar-refractivity contribution in [2.45, 2.75) is 56.3 Å². The van der Waals surface area contributed by atoms with Gasteiger partial charge in [-0.05, 0) is 73.4 Å². The maximum Gasteiger partial charge on any atom is 0.435 e. The van der Waals surface area contributed by atoms with Crippen LogP contribution in [0.15, 0.2) is 48.5 Å². The van der Waals surface area contributed by atoms with Crippen LogP contribution < -0.4 is 10.0 Å². The summed E-state index contributed by atoms with van der Waals surface area (Å²) in [6, 6.07) is 9.63. The molecule has 11 nitrogen and oxygen atoms in total. The Kier molecular flexibility index (Phi) is 9.78. The van der Waals surface area contributed by atoms with E-state index >= 15 is 8.78 Å². The van der Waals surface area contributed by atoms with Gasteiger partial charge in [-0.15, -0.1) is 0 Å². The van der Waals surface area contributed by atoms with Gasteiger partial charge in [0.2, 0.25) is 15.9 Å². The first-order valence-corrected chi connectivity index (χ1v) is 20.1. The van der Waals surface area contributed by atoms with E-state index in [2.05, 4.69) is 32.1 Å². The third kappa shape index (κ3) is 7.62. The Balaban J connectivity index is 1.25. The summed E-state index contributed by atoms with van der Waals surface area (Å²) in [5, 5.41) is 10.9. The highest BCUT2D eigenvalue weighted by atomic mass is 32.2. The second-order valence-corrected chi connectivity index (χ2v) is 16.5. The second-order valence-electron chi connectivity index (χ2n) is 14.8. The summed E-state index contributed by atoms with van der Waals surface area (Å²) >= 11 is 0. The van der Waals surface area contributed by atoms with Crippen molar-refractivity contribution in [3.63, 3.8) is 0 Å². The first-order chi connectivity index (χ1) is 27.4. The van der Waals surface area contributed by atoms with Crippen LogP contribution in [0.2, 0.25) is 0 Å². The molecule has 2 N–H and O–H groups in total. The van der Waals surface area contributed by atoms with E-state index in [4.69, 9.17) is 9.72 Å². The molecule has 8 rings (SSSR count). The van der Waals surface area contributed by atoms with Crippen LogP contribution in [0.25, 0.3) is 22.0 Å². The van der Waals surface area contributed by atoms with Gasteiger partial charge in [-0.1, -0.05) is 18.1 Å². The predicted molar refractivity (Wildman–Crippen MR) is 196 cm³/mol. The van der Waals surface area contributed by atoms with E-state index in [-0.39, 0.29) is 41.5 Å². The Morgan fingerprint density at radius 2 is 1.78 bits per heavy atom. The largest absolute Gasteiger partial charge is 0.435 e. The molecule has 58 heavy (non-hydrogen) atoms. The molecule has 304 valence electrons. The third-order valence-electron chi connectivity index (χ3n) is 10.5. The molecule has 3 atom stereocenters. The van der Waals surface area contributed by atoms with Gasteiger partial charge in [0.05, 0.1) is 23.5 Å². The van der Waals surface area contributed by atoms with Crippen LogP contribution >= 0.6 is 0 Å². The van der Waals surface area contributed by atoms with Crippen LogP contribution in [-0.4, -0.2) is 58.3 Å². The number of halogens is 7. The zero-order valence-corrected chi connectivity index (χ0v) is 31.6. The van der Waals surface area contributed by atoms with E-state index in [9.17, 15) is 35.2 Å². The highest BCUT2D eigenvalue weighted by Gasteiger charge is 2.68. The highest BCUT2D eigenvalue weighted by Crippen LogP contribution is 2.68. The number of pyridine rings is 1. The Morgan fingerprint density at radius 1 is 1.05 bits per heavy atom. The van der Waals surface area contributed by atoms with Gasteiger partial charge in [-0.2, -0.15) is 32.1 Å². The lowest BCUT2D eigenvalue weighted by Gasteiger charge is -2.23. The minimum atomic E-state index is -5.06. The van der Waals surface area contributed by atoms with Crippen molar-refractivity contribution in [2.24, 2.45) is 18.9 Å². The molecule has 3 aliphatic rings. The molecule has 1 unspecified atom stereocenters. The van der Waals surface area contributed by atoms with Crippen molar-refractivity contribution in [3.8, 4) is 23.0 Å². The number of rotatable bonds is 9. The Labute approximate surface area is 327 Å². The van der Waals surface area contributed by atoms with Crippen LogP contribution in [0.4, 0.5) is 36.6 Å². The zero-order valence-electron chi connectivity index (χ0n) is 30.8. The molecule has 0 spiro atoms. The van der Waals surface area contributed by atoms with Gasteiger partial charge < -0.3 is 10.1 Å². The molecular formula is C39H34F7N7O4S. The maximum absolute atomic E-state index is 15.4. The fourth-order valence-corrected chi connectivity index (χ4v) is 8.51. The van der Waals surface area contributed by atoms with E-state index in [0.717, 1.165) is 18.4 Å². The van der Waals surface area contributed by atoms with Crippen molar-refractivity contribution < 1.29 is 48.7 Å². The monoisotopic (exact) mass is 829 g/mol. The normalized spacial score (nSPS) is 19.3. The number of benzene rings is 2. The first-order valence-electron chi connectivity index (χ1n) is 18.2. The van der Waals surface area contributed by atoms with Gasteiger partial charge >= 0.3 is 6.18 Å². The number of ether oxygens (including phenoxy) is 1. The third-order valence-corrected chi connectivity index (χ3v) is 11.1. The topological polar surface area (TPSA) is 133 Å². The zero-order chi connectivity index (χ0) is 41.3. The second kappa shape index (κ2) is 14.4. The smallest absolute Gasteiger partial charge is 0.381 e. The van der Waals surface area contributed by atoms with Crippen molar-refractivity contribution in [1.29, 1.82) is 0 Å². The van der Waals surface area contributed by atoms with Gasteiger partial charge in [0.15, 0.2) is 11.5 Å². The van der Waals surface area contributed by atoms with Crippen LogP contribution in [0, 0.1) is 35.3 Å².